The molecule has 4 N–H and O–H groups in total. The van der Waals surface area contributed by atoms with E-state index in [4.69, 9.17) is 10.5 Å². The minimum Gasteiger partial charge on any atom is -0.383 e. The summed E-state index contributed by atoms with van der Waals surface area (Å²) in [5.41, 5.74) is 10.3. The number of carbonyl (C=O) groups excluding carboxylic acids is 1. The van der Waals surface area contributed by atoms with Gasteiger partial charge >= 0.3 is 6.18 Å². The molecule has 1 saturated carbocycles. The number of nitrogens with one attached hydrogen (secondary N) is 2. The van der Waals surface area contributed by atoms with E-state index in [1.54, 1.807) is 41.3 Å². The van der Waals surface area contributed by atoms with Crippen LogP contribution in [0, 0.1) is 0 Å². The lowest BCUT2D eigenvalue weighted by Crippen LogP contribution is -2.41. The van der Waals surface area contributed by atoms with Gasteiger partial charge in [0.05, 0.1) is 30.5 Å². The molecule has 2 atom stereocenters. The monoisotopic (exact) mass is 574 g/mol. The van der Waals surface area contributed by atoms with E-state index >= 15 is 0 Å². The zero-order chi connectivity index (χ0) is 29.4. The van der Waals surface area contributed by atoms with Gasteiger partial charge in [0.2, 0.25) is 0 Å². The number of amides is 1. The van der Waals surface area contributed by atoms with E-state index in [9.17, 15) is 18.0 Å². The fourth-order valence-electron chi connectivity index (χ4n) is 5.38. The minimum absolute atomic E-state index is 0.150. The van der Waals surface area contributed by atoms with Gasteiger partial charge in [0.1, 0.15) is 11.5 Å². The highest BCUT2D eigenvalue weighted by Gasteiger charge is 2.33. The smallest absolute Gasteiger partial charge is 0.383 e. The lowest BCUT2D eigenvalue weighted by atomic mass is 10.0. The molecule has 42 heavy (non-hydrogen) atoms. The molecule has 0 bridgehead atoms. The van der Waals surface area contributed by atoms with Crippen LogP contribution < -0.4 is 11.1 Å². The number of nitrogens with two attached hydrogens (primary N) is 1. The predicted molar refractivity (Wildman–Crippen MR) is 153 cm³/mol. The molecule has 216 valence electrons. The first-order chi connectivity index (χ1) is 20.1. The molecule has 1 aliphatic carbocycles. The lowest BCUT2D eigenvalue weighted by molar-refractivity contribution is -0.140. The number of aromatic nitrogens is 4. The summed E-state index contributed by atoms with van der Waals surface area (Å²) in [6.07, 6.45) is 3.15. The summed E-state index contributed by atoms with van der Waals surface area (Å²) in [4.78, 5) is 19.8. The molecule has 1 aliphatic rings. The van der Waals surface area contributed by atoms with Gasteiger partial charge < -0.3 is 20.8 Å². The van der Waals surface area contributed by atoms with Crippen LogP contribution in [0.3, 0.4) is 0 Å². The number of H-pyrrole nitrogens is 1. The van der Waals surface area contributed by atoms with E-state index in [2.05, 4.69) is 20.4 Å². The highest BCUT2D eigenvalue weighted by molar-refractivity contribution is 5.99. The summed E-state index contributed by atoms with van der Waals surface area (Å²) in [5, 5.41) is 7.76. The number of hydrogen-bond donors (Lipinski definition) is 3. The molecule has 0 aliphatic heterocycles. The van der Waals surface area contributed by atoms with Crippen molar-refractivity contribution in [2.75, 3.05) is 5.73 Å². The molecule has 0 unspecified atom stereocenters. The molecule has 8 nitrogen and oxygen atoms in total. The Bertz CT molecular complexity index is 1740. The third kappa shape index (κ3) is 5.73. The van der Waals surface area contributed by atoms with Gasteiger partial charge in [-0.05, 0) is 60.2 Å². The van der Waals surface area contributed by atoms with E-state index in [1.807, 2.05) is 37.5 Å². The Morgan fingerprint density at radius 3 is 2.57 bits per heavy atom. The lowest BCUT2D eigenvalue weighted by Gasteiger charge is -2.22. The van der Waals surface area contributed by atoms with E-state index in [1.165, 1.54) is 0 Å². The van der Waals surface area contributed by atoms with Gasteiger partial charge in [0.15, 0.2) is 0 Å². The topological polar surface area (TPSA) is 111 Å². The zero-order valence-electron chi connectivity index (χ0n) is 22.8. The summed E-state index contributed by atoms with van der Waals surface area (Å²) < 4.78 is 47.1. The van der Waals surface area contributed by atoms with Crippen LogP contribution in [-0.4, -0.2) is 37.8 Å². The molecule has 1 amide bonds. The van der Waals surface area contributed by atoms with Gasteiger partial charge in [0.25, 0.3) is 5.91 Å². The van der Waals surface area contributed by atoms with Crippen molar-refractivity contribution in [2.45, 2.75) is 44.2 Å². The Hall–Kier alpha value is -4.64. The van der Waals surface area contributed by atoms with E-state index in [0.717, 1.165) is 53.1 Å². The van der Waals surface area contributed by atoms with Crippen LogP contribution in [0.1, 0.15) is 40.9 Å². The molecule has 3 heterocycles. The number of rotatable bonds is 7. The quantitative estimate of drug-likeness (QED) is 0.218. The maximum Gasteiger partial charge on any atom is 0.431 e. The number of aryl methyl sites for hydroxylation is 1. The third-order valence-corrected chi connectivity index (χ3v) is 7.65. The fourth-order valence-corrected chi connectivity index (χ4v) is 5.38. The number of halogens is 3. The largest absolute Gasteiger partial charge is 0.431 e. The van der Waals surface area contributed by atoms with E-state index in [0.29, 0.717) is 23.1 Å². The Morgan fingerprint density at radius 1 is 1.05 bits per heavy atom. The minimum atomic E-state index is -4.42. The van der Waals surface area contributed by atoms with Gasteiger partial charge in [-0.2, -0.15) is 18.3 Å². The van der Waals surface area contributed by atoms with Gasteiger partial charge in [-0.25, -0.2) is 4.98 Å². The molecular weight excluding hydrogens is 545 g/mol. The highest BCUT2D eigenvalue weighted by Crippen LogP contribution is 2.33. The average molecular weight is 575 g/mol. The normalized spacial score (nSPS) is 17.1. The maximum atomic E-state index is 13.2. The van der Waals surface area contributed by atoms with Crippen molar-refractivity contribution in [3.63, 3.8) is 0 Å². The standard InChI is InChI=1S/C31H29F3N6O2/c1-40-16-23(15-37-40)22-12-24(29(35)36-14-22)30(41)39-26-3-2-4-27(26)42-17-18-5-7-19(8-6-18)20-9-10-25-21(11-20)13-28(38-25)31(32,33)34/h5-16,26-27,38H,2-4,17H2,1H3,(H2,35,36)(H,39,41)/t26-,27-/m0/s1. The van der Waals surface area contributed by atoms with Crippen molar-refractivity contribution in [3.05, 3.63) is 90.0 Å². The van der Waals surface area contributed by atoms with Gasteiger partial charge in [-0.1, -0.05) is 30.3 Å². The van der Waals surface area contributed by atoms with Gasteiger partial charge in [0, 0.05) is 41.5 Å². The van der Waals surface area contributed by atoms with Crippen LogP contribution in [0.15, 0.2) is 73.2 Å². The van der Waals surface area contributed by atoms with Crippen LogP contribution in [0.2, 0.25) is 0 Å². The second-order valence-corrected chi connectivity index (χ2v) is 10.6. The van der Waals surface area contributed by atoms with E-state index in [-0.39, 0.29) is 23.9 Å². The third-order valence-electron chi connectivity index (χ3n) is 7.65. The van der Waals surface area contributed by atoms with Crippen molar-refractivity contribution in [1.29, 1.82) is 0 Å². The van der Waals surface area contributed by atoms with E-state index < -0.39 is 11.9 Å². The van der Waals surface area contributed by atoms with Crippen molar-refractivity contribution in [3.8, 4) is 22.3 Å². The molecule has 0 spiro atoms. The number of benzene rings is 2. The van der Waals surface area contributed by atoms with Crippen molar-refractivity contribution in [1.82, 2.24) is 25.1 Å². The van der Waals surface area contributed by atoms with Crippen molar-refractivity contribution >= 4 is 22.6 Å². The predicted octanol–water partition coefficient (Wildman–Crippen LogP) is 6.10. The van der Waals surface area contributed by atoms with Crippen LogP contribution in [0.4, 0.5) is 19.0 Å². The summed E-state index contributed by atoms with van der Waals surface area (Å²) in [6, 6.07) is 15.6. The maximum absolute atomic E-state index is 13.2. The van der Waals surface area contributed by atoms with Crippen molar-refractivity contribution < 1.29 is 22.7 Å². The zero-order valence-corrected chi connectivity index (χ0v) is 22.8. The first-order valence-corrected chi connectivity index (χ1v) is 13.6. The Kier molecular flexibility index (Phi) is 7.19. The number of ether oxygens (including phenoxy) is 1. The molecule has 11 heteroatoms. The van der Waals surface area contributed by atoms with Gasteiger partial charge in [-0.15, -0.1) is 0 Å². The fraction of sp³-hybridized carbons (Fsp3) is 0.258. The summed E-state index contributed by atoms with van der Waals surface area (Å²) in [6.45, 7) is 0.364. The summed E-state index contributed by atoms with van der Waals surface area (Å²) in [5.74, 6) is -0.135. The Balaban J connectivity index is 1.09. The van der Waals surface area contributed by atoms with Crippen LogP contribution >= 0.6 is 0 Å². The number of anilines is 1. The summed E-state index contributed by atoms with van der Waals surface area (Å²) >= 11 is 0. The molecule has 0 saturated heterocycles. The average Bonchev–Trinajstić information content (AvgIpc) is 3.71. The highest BCUT2D eigenvalue weighted by atomic mass is 19.4. The number of carbonyl (C=O) groups is 1. The number of nitrogens with zero attached hydrogens (tertiary/aromatic N) is 3. The van der Waals surface area contributed by atoms with Crippen LogP contribution in [0.5, 0.6) is 0 Å². The molecule has 1 fully saturated rings. The SMILES string of the molecule is Cn1cc(-c2cnc(N)c(C(=O)N[C@H]3CCC[C@@H]3OCc3ccc(-c4ccc5[nH]c(C(F)(F)F)cc5c4)cc3)c2)cn1. The molecule has 2 aromatic carbocycles. The Labute approximate surface area is 239 Å². The number of nitrogen functional groups attached to an aromatic ring is 1. The Morgan fingerprint density at radius 2 is 1.83 bits per heavy atom. The first kappa shape index (κ1) is 27.5. The van der Waals surface area contributed by atoms with Crippen LogP contribution in [0.25, 0.3) is 33.2 Å². The molecule has 5 aromatic rings. The molecule has 6 rings (SSSR count). The second kappa shape index (κ2) is 11.0. The number of pyridine rings is 1. The molecular formula is C31H29F3N6O2. The number of hydrogen-bond acceptors (Lipinski definition) is 5. The van der Waals surface area contributed by atoms with Gasteiger partial charge in [-0.3, -0.25) is 9.48 Å². The number of aromatic amines is 1. The molecule has 0 radical (unpaired) electrons. The molecule has 3 aromatic heterocycles. The summed E-state index contributed by atoms with van der Waals surface area (Å²) in [7, 11) is 1.82. The number of alkyl halides is 3. The number of fused-ring (bicyclic) bond motifs is 1. The van der Waals surface area contributed by atoms with Crippen molar-refractivity contribution in [2.24, 2.45) is 7.05 Å². The van der Waals surface area contributed by atoms with Crippen LogP contribution in [-0.2, 0) is 24.6 Å². The first-order valence-electron chi connectivity index (χ1n) is 13.6. The second-order valence-electron chi connectivity index (χ2n) is 10.6.